The Kier molecular flexibility index (Phi) is 4.74. The minimum absolute atomic E-state index is 0.119. The summed E-state index contributed by atoms with van der Waals surface area (Å²) in [7, 11) is 1.28. The van der Waals surface area contributed by atoms with Gasteiger partial charge in [-0.1, -0.05) is 18.2 Å². The molecule has 0 fully saturated rings. The molecular weight excluding hydrogens is 307 g/mol. The highest BCUT2D eigenvalue weighted by Crippen LogP contribution is 2.12. The van der Waals surface area contributed by atoms with Gasteiger partial charge in [-0.15, -0.1) is 0 Å². The molecule has 0 saturated heterocycles. The van der Waals surface area contributed by atoms with E-state index in [1.165, 1.54) is 7.11 Å². The highest BCUT2D eigenvalue weighted by atomic mass is 127. The molecule has 1 rings (SSSR count). The Morgan fingerprint density at radius 3 is 2.60 bits per heavy atom. The highest BCUT2D eigenvalue weighted by molar-refractivity contribution is 14.1. The van der Waals surface area contributed by atoms with Crippen LogP contribution in [-0.4, -0.2) is 18.9 Å². The van der Waals surface area contributed by atoms with Crippen LogP contribution in [0.25, 0.3) is 0 Å². The number of Topliss-reactive ketones (excluding diaryl/α,β-unsaturated/α-hetero) is 1. The Hall–Kier alpha value is -0.910. The van der Waals surface area contributed by atoms with E-state index in [0.29, 0.717) is 0 Å². The van der Waals surface area contributed by atoms with E-state index in [4.69, 9.17) is 0 Å². The Morgan fingerprint density at radius 1 is 1.33 bits per heavy atom. The maximum Gasteiger partial charge on any atom is 0.313 e. The summed E-state index contributed by atoms with van der Waals surface area (Å²) in [6.07, 6.45) is 0.135. The fourth-order valence-electron chi connectivity index (χ4n) is 1.15. The quantitative estimate of drug-likeness (QED) is 0.484. The number of halogens is 1. The zero-order valence-electron chi connectivity index (χ0n) is 8.33. The molecule has 0 saturated carbocycles. The van der Waals surface area contributed by atoms with Crippen molar-refractivity contribution in [1.29, 1.82) is 0 Å². The van der Waals surface area contributed by atoms with E-state index >= 15 is 0 Å². The van der Waals surface area contributed by atoms with E-state index < -0.39 is 5.97 Å². The van der Waals surface area contributed by atoms with Crippen molar-refractivity contribution in [1.82, 2.24) is 0 Å². The summed E-state index contributed by atoms with van der Waals surface area (Å²) >= 11 is 2.17. The first-order valence-electron chi connectivity index (χ1n) is 4.45. The Balaban J connectivity index is 2.59. The molecule has 0 spiro atoms. The molecule has 0 aromatic heterocycles. The van der Waals surface area contributed by atoms with Crippen LogP contribution in [0.2, 0.25) is 0 Å². The van der Waals surface area contributed by atoms with Gasteiger partial charge in [0.2, 0.25) is 0 Å². The first kappa shape index (κ1) is 12.2. The van der Waals surface area contributed by atoms with Gasteiger partial charge in [0.05, 0.1) is 7.11 Å². The predicted octanol–water partition coefficient (Wildman–Crippen LogP) is 1.97. The normalized spacial score (nSPS) is 9.73. The zero-order valence-corrected chi connectivity index (χ0v) is 10.5. The first-order chi connectivity index (χ1) is 7.13. The molecule has 3 nitrogen and oxygen atoms in total. The topological polar surface area (TPSA) is 43.4 Å². The molecule has 0 unspecified atom stereocenters. The highest BCUT2D eigenvalue weighted by Gasteiger charge is 2.11. The molecule has 0 radical (unpaired) electrons. The molecule has 4 heteroatoms. The monoisotopic (exact) mass is 318 g/mol. The van der Waals surface area contributed by atoms with Gasteiger partial charge in [-0.2, -0.15) is 0 Å². The van der Waals surface area contributed by atoms with Gasteiger partial charge in [-0.25, -0.2) is 0 Å². The van der Waals surface area contributed by atoms with Crippen molar-refractivity contribution in [2.45, 2.75) is 12.8 Å². The summed E-state index contributed by atoms with van der Waals surface area (Å²) in [6.45, 7) is 0. The summed E-state index contributed by atoms with van der Waals surface area (Å²) in [6, 6.07) is 7.61. The average molecular weight is 318 g/mol. The fourth-order valence-corrected chi connectivity index (χ4v) is 1.73. The van der Waals surface area contributed by atoms with Gasteiger partial charge in [0.15, 0.2) is 0 Å². The number of carbonyl (C=O) groups is 2. The molecule has 80 valence electrons. The smallest absolute Gasteiger partial charge is 0.313 e. The van der Waals surface area contributed by atoms with E-state index in [1.54, 1.807) is 0 Å². The van der Waals surface area contributed by atoms with Crippen LogP contribution < -0.4 is 0 Å². The summed E-state index contributed by atoms with van der Waals surface area (Å²) < 4.78 is 5.46. The second-order valence-corrected chi connectivity index (χ2v) is 4.22. The van der Waals surface area contributed by atoms with E-state index in [2.05, 4.69) is 27.3 Å². The number of carbonyl (C=O) groups excluding carboxylic acids is 2. The lowest BCUT2D eigenvalue weighted by atomic mass is 10.1. The maximum atomic E-state index is 11.4. The van der Waals surface area contributed by atoms with Crippen molar-refractivity contribution in [2.75, 3.05) is 7.11 Å². The number of ketones is 1. The third-order valence-corrected chi connectivity index (χ3v) is 2.97. The van der Waals surface area contributed by atoms with Crippen LogP contribution in [0.5, 0.6) is 0 Å². The zero-order chi connectivity index (χ0) is 11.3. The van der Waals surface area contributed by atoms with Crippen LogP contribution in [0.4, 0.5) is 0 Å². The molecule has 0 atom stereocenters. The van der Waals surface area contributed by atoms with Crippen LogP contribution in [0, 0.1) is 3.57 Å². The average Bonchev–Trinajstić information content (AvgIpc) is 2.21. The van der Waals surface area contributed by atoms with Crippen molar-refractivity contribution in [3.63, 3.8) is 0 Å². The summed E-state index contributed by atoms with van der Waals surface area (Å²) in [5.74, 6) is -0.600. The number of esters is 1. The lowest BCUT2D eigenvalue weighted by molar-refractivity contribution is -0.143. The van der Waals surface area contributed by atoms with Gasteiger partial charge >= 0.3 is 5.97 Å². The van der Waals surface area contributed by atoms with Crippen molar-refractivity contribution in [3.8, 4) is 0 Å². The number of hydrogen-bond donors (Lipinski definition) is 0. The van der Waals surface area contributed by atoms with E-state index in [0.717, 1.165) is 9.13 Å². The summed E-state index contributed by atoms with van der Waals surface area (Å²) in [5.41, 5.74) is 0.951. The van der Waals surface area contributed by atoms with Crippen LogP contribution in [0.15, 0.2) is 24.3 Å². The molecule has 0 aliphatic carbocycles. The number of rotatable bonds is 4. The molecule has 0 heterocycles. The van der Waals surface area contributed by atoms with E-state index in [9.17, 15) is 9.59 Å². The largest absolute Gasteiger partial charge is 0.469 e. The van der Waals surface area contributed by atoms with Crippen LogP contribution in [0.3, 0.4) is 0 Å². The SMILES string of the molecule is COC(=O)CC(=O)Cc1ccccc1I. The molecule has 0 bridgehead atoms. The third-order valence-electron chi connectivity index (χ3n) is 1.91. The lowest BCUT2D eigenvalue weighted by Crippen LogP contribution is -2.11. The Labute approximate surface area is 102 Å². The molecule has 15 heavy (non-hydrogen) atoms. The van der Waals surface area contributed by atoms with Crippen molar-refractivity contribution in [2.24, 2.45) is 0 Å². The number of hydrogen-bond acceptors (Lipinski definition) is 3. The van der Waals surface area contributed by atoms with Crippen LogP contribution in [-0.2, 0) is 20.7 Å². The van der Waals surface area contributed by atoms with Crippen molar-refractivity contribution >= 4 is 34.3 Å². The number of ether oxygens (including phenoxy) is 1. The van der Waals surface area contributed by atoms with Crippen LogP contribution in [0.1, 0.15) is 12.0 Å². The fraction of sp³-hybridized carbons (Fsp3) is 0.273. The lowest BCUT2D eigenvalue weighted by Gasteiger charge is -2.02. The second kappa shape index (κ2) is 5.85. The van der Waals surface area contributed by atoms with Crippen molar-refractivity contribution < 1.29 is 14.3 Å². The Bertz CT molecular complexity index is 374. The molecule has 0 aliphatic heterocycles. The maximum absolute atomic E-state index is 11.4. The van der Waals surface area contributed by atoms with Gasteiger partial charge in [0, 0.05) is 9.99 Å². The summed E-state index contributed by atoms with van der Waals surface area (Å²) in [5, 5.41) is 0. The van der Waals surface area contributed by atoms with Gasteiger partial charge in [0.1, 0.15) is 12.2 Å². The van der Waals surface area contributed by atoms with Gasteiger partial charge < -0.3 is 4.74 Å². The standard InChI is InChI=1S/C11H11IO3/c1-15-11(14)7-9(13)6-8-4-2-3-5-10(8)12/h2-5H,6-7H2,1H3. The van der Waals surface area contributed by atoms with E-state index in [1.807, 2.05) is 24.3 Å². The van der Waals surface area contributed by atoms with Gasteiger partial charge in [0.25, 0.3) is 0 Å². The van der Waals surface area contributed by atoms with Crippen molar-refractivity contribution in [3.05, 3.63) is 33.4 Å². The molecular formula is C11H11IO3. The Morgan fingerprint density at radius 2 is 2.00 bits per heavy atom. The molecule has 0 aliphatic rings. The molecule has 1 aromatic rings. The molecule has 1 aromatic carbocycles. The first-order valence-corrected chi connectivity index (χ1v) is 5.53. The predicted molar refractivity (Wildman–Crippen MR) is 64.5 cm³/mol. The van der Waals surface area contributed by atoms with E-state index in [-0.39, 0.29) is 18.6 Å². The van der Waals surface area contributed by atoms with Crippen LogP contribution >= 0.6 is 22.6 Å². The minimum atomic E-state index is -0.481. The second-order valence-electron chi connectivity index (χ2n) is 3.06. The number of methoxy groups -OCH3 is 1. The van der Waals surface area contributed by atoms with Gasteiger partial charge in [-0.05, 0) is 34.2 Å². The minimum Gasteiger partial charge on any atom is -0.469 e. The van der Waals surface area contributed by atoms with Gasteiger partial charge in [-0.3, -0.25) is 9.59 Å². The molecule has 0 amide bonds. The summed E-state index contributed by atoms with van der Waals surface area (Å²) in [4.78, 5) is 22.3. The third kappa shape index (κ3) is 3.99. The number of benzene rings is 1. The molecule has 0 N–H and O–H groups in total.